The third kappa shape index (κ3) is 4.46. The van der Waals surface area contributed by atoms with Crippen LogP contribution < -0.4 is 16.0 Å². The summed E-state index contributed by atoms with van der Waals surface area (Å²) < 4.78 is 0. The fraction of sp³-hybridized carbons (Fsp3) is 0.500. The summed E-state index contributed by atoms with van der Waals surface area (Å²) >= 11 is 0. The molecule has 2 aromatic rings. The van der Waals surface area contributed by atoms with Crippen molar-refractivity contribution in [2.24, 2.45) is 17.6 Å². The minimum absolute atomic E-state index is 0.0137. The molecule has 0 aromatic heterocycles. The highest BCUT2D eigenvalue weighted by Gasteiger charge is 2.63. The number of phenolic OH excluding ortho intramolecular Hbond substituents is 1. The maximum absolute atomic E-state index is 14.4. The molecule has 0 spiro atoms. The molecule has 0 heterocycles. The second-order valence-electron chi connectivity index (χ2n) is 13.9. The quantitative estimate of drug-likeness (QED) is 0.264. The normalized spacial score (nSPS) is 27.6. The molecule has 0 radical (unpaired) electrons. The number of fused-ring (bicyclic) bond motifs is 4. The van der Waals surface area contributed by atoms with Crippen LogP contribution in [0.25, 0.3) is 10.8 Å². The van der Waals surface area contributed by atoms with E-state index < -0.39 is 58.0 Å². The molecule has 4 atom stereocenters. The first-order chi connectivity index (χ1) is 21.1. The number of aliphatic hydroxyl groups is 3. The first-order valence-corrected chi connectivity index (χ1v) is 15.5. The molecule has 1 fully saturated rings. The molecule has 4 aliphatic carbocycles. The van der Waals surface area contributed by atoms with E-state index >= 15 is 0 Å². The average molecular weight is 619 g/mol. The number of carbonyl (C=O) groups excluding carboxylic acids is 3. The van der Waals surface area contributed by atoms with Crippen molar-refractivity contribution in [2.75, 3.05) is 33.1 Å². The van der Waals surface area contributed by atoms with Crippen LogP contribution >= 0.6 is 0 Å². The Bertz CT molecular complexity index is 1720. The highest BCUT2D eigenvalue weighted by molar-refractivity contribution is 6.25. The van der Waals surface area contributed by atoms with Crippen LogP contribution in [-0.2, 0) is 22.6 Å². The number of primary amides is 1. The summed E-state index contributed by atoms with van der Waals surface area (Å²) in [5.41, 5.74) is 4.16. The molecule has 4 aliphatic rings. The van der Waals surface area contributed by atoms with Crippen molar-refractivity contribution in [3.8, 4) is 5.75 Å². The lowest BCUT2D eigenvalue weighted by molar-refractivity contribution is -0.148. The maximum Gasteiger partial charge on any atom is 0.255 e. The fourth-order valence-electron chi connectivity index (χ4n) is 8.41. The lowest BCUT2D eigenvalue weighted by Crippen LogP contribution is -2.63. The van der Waals surface area contributed by atoms with E-state index in [4.69, 9.17) is 5.73 Å². The van der Waals surface area contributed by atoms with Gasteiger partial charge in [0.05, 0.1) is 11.6 Å². The SMILES string of the molecule is CN(C)c1c2c(c(O)c3cc(CNC4(C)CCCC4)ccc13)C(=O)C1=C(O)[C@]3(O)C(=O)C(C(N)=O)=C(O)[C@@H](N(C)C)[C@@H]3C[C@@H]1C2. The number of ketones is 2. The smallest absolute Gasteiger partial charge is 0.255 e. The van der Waals surface area contributed by atoms with Gasteiger partial charge in [0.15, 0.2) is 11.4 Å². The van der Waals surface area contributed by atoms with Crippen LogP contribution in [-0.4, -0.2) is 88.2 Å². The molecule has 0 saturated heterocycles. The Morgan fingerprint density at radius 2 is 1.73 bits per heavy atom. The van der Waals surface area contributed by atoms with Gasteiger partial charge in [-0.25, -0.2) is 0 Å². The van der Waals surface area contributed by atoms with Crippen molar-refractivity contribution in [2.45, 2.75) is 69.2 Å². The molecule has 0 unspecified atom stereocenters. The third-order valence-electron chi connectivity index (χ3n) is 10.6. The van der Waals surface area contributed by atoms with E-state index in [1.165, 1.54) is 12.8 Å². The van der Waals surface area contributed by atoms with E-state index in [1.54, 1.807) is 19.0 Å². The molecule has 7 N–H and O–H groups in total. The molecule has 6 rings (SSSR count). The number of aliphatic hydroxyl groups excluding tert-OH is 2. The number of phenols is 1. The van der Waals surface area contributed by atoms with Crippen molar-refractivity contribution in [3.05, 3.63) is 57.6 Å². The number of hydrogen-bond acceptors (Lipinski definition) is 10. The Morgan fingerprint density at radius 3 is 2.33 bits per heavy atom. The number of rotatable bonds is 6. The average Bonchev–Trinajstić information content (AvgIpc) is 3.40. The minimum Gasteiger partial charge on any atom is -0.510 e. The monoisotopic (exact) mass is 618 g/mol. The number of aromatic hydroxyl groups is 1. The fourth-order valence-corrected chi connectivity index (χ4v) is 8.41. The summed E-state index contributed by atoms with van der Waals surface area (Å²) in [5.74, 6) is -6.57. The Kier molecular flexibility index (Phi) is 7.30. The van der Waals surface area contributed by atoms with E-state index in [1.807, 2.05) is 37.2 Å². The predicted molar refractivity (Wildman–Crippen MR) is 169 cm³/mol. The zero-order valence-electron chi connectivity index (χ0n) is 26.4. The van der Waals surface area contributed by atoms with Gasteiger partial charge in [0.25, 0.3) is 5.91 Å². The van der Waals surface area contributed by atoms with Crippen molar-refractivity contribution in [3.63, 3.8) is 0 Å². The van der Waals surface area contributed by atoms with E-state index in [2.05, 4.69) is 12.2 Å². The number of hydrogen-bond donors (Lipinski definition) is 6. The second kappa shape index (κ2) is 10.6. The molecule has 1 saturated carbocycles. The van der Waals surface area contributed by atoms with Crippen LogP contribution in [0.15, 0.2) is 40.9 Å². The van der Waals surface area contributed by atoms with Crippen LogP contribution in [0, 0.1) is 11.8 Å². The van der Waals surface area contributed by atoms with Gasteiger partial charge < -0.3 is 36.4 Å². The number of allylic oxidation sites excluding steroid dienone is 1. The number of likely N-dealkylation sites (N-methyl/N-ethyl adjacent to an activating group) is 1. The number of nitrogens with one attached hydrogen (secondary N) is 1. The Hall–Kier alpha value is -3.93. The Labute approximate surface area is 262 Å². The number of nitrogens with two attached hydrogens (primary N) is 1. The number of carbonyl (C=O) groups is 3. The summed E-state index contributed by atoms with van der Waals surface area (Å²) in [5, 5.41) is 51.2. The van der Waals surface area contributed by atoms with Gasteiger partial charge in [0.1, 0.15) is 22.8 Å². The molecule has 45 heavy (non-hydrogen) atoms. The number of anilines is 1. The number of Topliss-reactive ketones (excluding diaryl/α,β-unsaturated/α-hetero) is 2. The first kappa shape index (κ1) is 31.1. The summed E-state index contributed by atoms with van der Waals surface area (Å²) in [6.45, 7) is 2.81. The Morgan fingerprint density at radius 1 is 1.07 bits per heavy atom. The van der Waals surface area contributed by atoms with E-state index in [0.717, 1.165) is 29.5 Å². The summed E-state index contributed by atoms with van der Waals surface area (Å²) in [6, 6.07) is 4.82. The number of amides is 1. The van der Waals surface area contributed by atoms with Gasteiger partial charge in [-0.05, 0) is 69.8 Å². The van der Waals surface area contributed by atoms with Crippen LogP contribution in [0.3, 0.4) is 0 Å². The van der Waals surface area contributed by atoms with Gasteiger partial charge in [-0.3, -0.25) is 19.3 Å². The molecule has 240 valence electrons. The lowest BCUT2D eigenvalue weighted by Gasteiger charge is -2.50. The maximum atomic E-state index is 14.4. The second-order valence-corrected chi connectivity index (χ2v) is 13.9. The number of nitrogens with zero attached hydrogens (tertiary/aromatic N) is 2. The molecule has 11 nitrogen and oxygen atoms in total. The first-order valence-electron chi connectivity index (χ1n) is 15.5. The van der Waals surface area contributed by atoms with Crippen molar-refractivity contribution < 1.29 is 34.8 Å². The third-order valence-corrected chi connectivity index (χ3v) is 10.6. The summed E-state index contributed by atoms with van der Waals surface area (Å²) in [7, 11) is 6.95. The lowest BCUT2D eigenvalue weighted by atomic mass is 9.58. The van der Waals surface area contributed by atoms with Crippen LogP contribution in [0.4, 0.5) is 5.69 Å². The summed E-state index contributed by atoms with van der Waals surface area (Å²) in [6.07, 6.45) is 4.84. The van der Waals surface area contributed by atoms with Gasteiger partial charge in [-0.15, -0.1) is 0 Å². The molecule has 2 aromatic carbocycles. The standard InChI is InChI=1S/C34H42N4O7/c1-33(10-6-7-11-33)36-15-16-8-9-18-19(12-16)27(39)23-20(25(18)37(2)3)13-17-14-21-26(38(4)5)29(41)24(32(35)44)31(43)34(21,45)30(42)22(17)28(23)40/h8-9,12,17,21,26,36,39,41-42,45H,6-7,10-11,13-15H2,1-5H3,(H2,35,44)/t17-,21-,26-,34-/m0/s1. The van der Waals surface area contributed by atoms with Gasteiger partial charge in [0, 0.05) is 54.1 Å². The van der Waals surface area contributed by atoms with Gasteiger partial charge in [-0.2, -0.15) is 0 Å². The van der Waals surface area contributed by atoms with Gasteiger partial charge in [-0.1, -0.05) is 25.0 Å². The van der Waals surface area contributed by atoms with Crippen molar-refractivity contribution in [1.29, 1.82) is 0 Å². The van der Waals surface area contributed by atoms with Gasteiger partial charge >= 0.3 is 0 Å². The topological polar surface area (TPSA) is 177 Å². The number of benzene rings is 2. The zero-order chi connectivity index (χ0) is 32.7. The Balaban J connectivity index is 1.51. The molecule has 0 bridgehead atoms. The highest BCUT2D eigenvalue weighted by atomic mass is 16.3. The highest BCUT2D eigenvalue weighted by Crippen LogP contribution is 2.54. The molecule has 1 amide bonds. The van der Waals surface area contributed by atoms with Crippen LogP contribution in [0.5, 0.6) is 5.75 Å². The molecular formula is C34H42N4O7. The van der Waals surface area contributed by atoms with E-state index in [-0.39, 0.29) is 35.3 Å². The minimum atomic E-state index is -2.67. The molecule has 11 heteroatoms. The predicted octanol–water partition coefficient (Wildman–Crippen LogP) is 2.76. The van der Waals surface area contributed by atoms with Gasteiger partial charge in [0.2, 0.25) is 5.78 Å². The molecule has 0 aliphatic heterocycles. The van der Waals surface area contributed by atoms with Crippen LogP contribution in [0.1, 0.15) is 60.5 Å². The zero-order valence-corrected chi connectivity index (χ0v) is 26.4. The van der Waals surface area contributed by atoms with Crippen molar-refractivity contribution in [1.82, 2.24) is 10.2 Å². The molecular weight excluding hydrogens is 576 g/mol. The summed E-state index contributed by atoms with van der Waals surface area (Å²) in [4.78, 5) is 43.6. The van der Waals surface area contributed by atoms with Crippen molar-refractivity contribution >= 4 is 33.9 Å². The van der Waals surface area contributed by atoms with E-state index in [9.17, 15) is 34.8 Å². The van der Waals surface area contributed by atoms with Crippen LogP contribution in [0.2, 0.25) is 0 Å². The largest absolute Gasteiger partial charge is 0.510 e. The van der Waals surface area contributed by atoms with E-state index in [0.29, 0.717) is 17.5 Å².